The Hall–Kier alpha value is -1.34. The Morgan fingerprint density at radius 3 is 3.00 bits per heavy atom. The van der Waals surface area contributed by atoms with Crippen molar-refractivity contribution in [2.24, 2.45) is 0 Å². The number of hydrogen-bond donors (Lipinski definition) is 1. The van der Waals surface area contributed by atoms with E-state index in [2.05, 4.69) is 16.9 Å². The van der Waals surface area contributed by atoms with E-state index < -0.39 is 5.25 Å². The predicted molar refractivity (Wildman–Crippen MR) is 98.1 cm³/mol. The van der Waals surface area contributed by atoms with Crippen LogP contribution in [0.5, 0.6) is 0 Å². The van der Waals surface area contributed by atoms with E-state index in [0.29, 0.717) is 11.8 Å². The number of rotatable bonds is 6. The minimum atomic E-state index is -0.392. The highest BCUT2D eigenvalue weighted by Crippen LogP contribution is 2.34. The van der Waals surface area contributed by atoms with E-state index in [9.17, 15) is 9.59 Å². The topological polar surface area (TPSA) is 72.0 Å². The smallest absolute Gasteiger partial charge is 0.319 e. The number of esters is 1. The van der Waals surface area contributed by atoms with Gasteiger partial charge in [0.05, 0.1) is 12.0 Å². The van der Waals surface area contributed by atoms with Crippen LogP contribution in [0.3, 0.4) is 0 Å². The number of ether oxygens (including phenoxy) is 1. The molecule has 0 amide bonds. The van der Waals surface area contributed by atoms with Gasteiger partial charge in [-0.1, -0.05) is 25.1 Å². The van der Waals surface area contributed by atoms with Crippen molar-refractivity contribution < 1.29 is 9.53 Å². The van der Waals surface area contributed by atoms with Crippen LogP contribution in [-0.4, -0.2) is 27.8 Å². The second kappa shape index (κ2) is 7.70. The van der Waals surface area contributed by atoms with Gasteiger partial charge in [-0.05, 0) is 44.6 Å². The number of nitrogens with zero attached hydrogens (tertiary/aromatic N) is 1. The van der Waals surface area contributed by atoms with Crippen LogP contribution in [0.25, 0.3) is 10.2 Å². The van der Waals surface area contributed by atoms with Crippen LogP contribution in [-0.2, 0) is 22.4 Å². The molecule has 0 saturated heterocycles. The number of aromatic nitrogens is 2. The van der Waals surface area contributed by atoms with Gasteiger partial charge in [-0.3, -0.25) is 9.59 Å². The number of H-pyrrole nitrogens is 1. The van der Waals surface area contributed by atoms with Crippen LogP contribution in [0.4, 0.5) is 0 Å². The van der Waals surface area contributed by atoms with E-state index in [-0.39, 0.29) is 11.5 Å². The quantitative estimate of drug-likeness (QED) is 0.365. The van der Waals surface area contributed by atoms with Crippen molar-refractivity contribution >= 4 is 39.3 Å². The summed E-state index contributed by atoms with van der Waals surface area (Å²) in [5.41, 5.74) is 1.09. The molecule has 0 aliphatic heterocycles. The first-order valence-corrected chi connectivity index (χ1v) is 10.2. The zero-order valence-corrected chi connectivity index (χ0v) is 15.6. The fraction of sp³-hybridized carbons (Fsp3) is 0.588. The summed E-state index contributed by atoms with van der Waals surface area (Å²) >= 11 is 2.87. The maximum absolute atomic E-state index is 12.5. The molecule has 0 bridgehead atoms. The summed E-state index contributed by atoms with van der Waals surface area (Å²) in [6.45, 7) is 4.28. The lowest BCUT2D eigenvalue weighted by molar-refractivity contribution is -0.142. The van der Waals surface area contributed by atoms with Gasteiger partial charge in [-0.25, -0.2) is 4.98 Å². The number of thioether (sulfide) groups is 1. The van der Waals surface area contributed by atoms with E-state index in [0.717, 1.165) is 42.3 Å². The molecule has 1 aliphatic rings. The largest absolute Gasteiger partial charge is 0.465 e. The molecular weight excluding hydrogens is 344 g/mol. The van der Waals surface area contributed by atoms with Gasteiger partial charge in [-0.2, -0.15) is 0 Å². The number of hydrogen-bond acceptors (Lipinski definition) is 6. The van der Waals surface area contributed by atoms with Crippen LogP contribution in [0.1, 0.15) is 50.0 Å². The van der Waals surface area contributed by atoms with Gasteiger partial charge in [0.15, 0.2) is 5.16 Å². The first-order chi connectivity index (χ1) is 11.6. The highest BCUT2D eigenvalue weighted by molar-refractivity contribution is 8.00. The van der Waals surface area contributed by atoms with Crippen molar-refractivity contribution in [3.63, 3.8) is 0 Å². The van der Waals surface area contributed by atoms with Crippen LogP contribution >= 0.6 is 23.1 Å². The zero-order chi connectivity index (χ0) is 17.1. The lowest BCUT2D eigenvalue weighted by Gasteiger charge is -2.11. The Balaban J connectivity index is 1.78. The van der Waals surface area contributed by atoms with E-state index >= 15 is 0 Å². The van der Waals surface area contributed by atoms with Gasteiger partial charge in [0.1, 0.15) is 10.1 Å². The van der Waals surface area contributed by atoms with Gasteiger partial charge in [0.25, 0.3) is 5.56 Å². The van der Waals surface area contributed by atoms with Crippen molar-refractivity contribution in [3.8, 4) is 0 Å². The maximum Gasteiger partial charge on any atom is 0.319 e. The van der Waals surface area contributed by atoms with Crippen molar-refractivity contribution in [2.75, 3.05) is 6.61 Å². The number of carbonyl (C=O) groups excluding carboxylic acids is 1. The summed E-state index contributed by atoms with van der Waals surface area (Å²) in [5.74, 6) is -0.262. The molecule has 1 aliphatic carbocycles. The first kappa shape index (κ1) is 17.5. The summed E-state index contributed by atoms with van der Waals surface area (Å²) in [5, 5.41) is 0.848. The second-order valence-corrected chi connectivity index (χ2v) is 8.46. The lowest BCUT2D eigenvalue weighted by Crippen LogP contribution is -2.19. The molecule has 3 rings (SSSR count). The summed E-state index contributed by atoms with van der Waals surface area (Å²) < 4.78 is 5.22. The second-order valence-electron chi connectivity index (χ2n) is 6.04. The van der Waals surface area contributed by atoms with Gasteiger partial charge < -0.3 is 9.72 Å². The highest BCUT2D eigenvalue weighted by Gasteiger charge is 2.22. The Morgan fingerprint density at radius 1 is 1.42 bits per heavy atom. The van der Waals surface area contributed by atoms with Gasteiger partial charge in [0.2, 0.25) is 0 Å². The minimum Gasteiger partial charge on any atom is -0.465 e. The molecule has 5 nitrogen and oxygen atoms in total. The molecule has 24 heavy (non-hydrogen) atoms. The predicted octanol–water partition coefficient (Wildman–Crippen LogP) is 3.69. The molecule has 2 aromatic rings. The van der Waals surface area contributed by atoms with E-state index in [1.807, 2.05) is 0 Å². The molecular formula is C17H22N2O3S2. The molecule has 2 aromatic heterocycles. The van der Waals surface area contributed by atoms with Gasteiger partial charge in [0, 0.05) is 4.88 Å². The molecule has 0 radical (unpaired) electrons. The molecule has 0 saturated carbocycles. The number of carbonyl (C=O) groups is 1. The molecule has 0 unspecified atom stereocenters. The number of thiophene rings is 1. The monoisotopic (exact) mass is 366 g/mol. The number of aromatic amines is 1. The SMILES string of the molecule is CCCCOC(=O)[C@@H](C)Sc1nc2sc3c(c2c(=O)[nH]1)CCCC3. The fourth-order valence-electron chi connectivity index (χ4n) is 2.85. The van der Waals surface area contributed by atoms with Crippen molar-refractivity contribution in [1.29, 1.82) is 0 Å². The lowest BCUT2D eigenvalue weighted by atomic mass is 9.97. The molecule has 1 atom stereocenters. The molecule has 130 valence electrons. The summed E-state index contributed by atoms with van der Waals surface area (Å²) in [6, 6.07) is 0. The summed E-state index contributed by atoms with van der Waals surface area (Å²) in [4.78, 5) is 33.9. The fourth-order valence-corrected chi connectivity index (χ4v) is 4.96. The zero-order valence-electron chi connectivity index (χ0n) is 14.0. The van der Waals surface area contributed by atoms with Crippen LogP contribution in [0.2, 0.25) is 0 Å². The van der Waals surface area contributed by atoms with Crippen molar-refractivity contribution in [3.05, 3.63) is 20.8 Å². The average Bonchev–Trinajstić information content (AvgIpc) is 2.93. The van der Waals surface area contributed by atoms with E-state index in [1.165, 1.54) is 28.6 Å². The molecule has 0 spiro atoms. The van der Waals surface area contributed by atoms with Crippen molar-refractivity contribution in [1.82, 2.24) is 9.97 Å². The molecule has 7 heteroatoms. The number of aryl methyl sites for hydroxylation is 2. The Kier molecular flexibility index (Phi) is 5.61. The van der Waals surface area contributed by atoms with E-state index in [1.54, 1.807) is 18.3 Å². The third-order valence-electron chi connectivity index (χ3n) is 4.17. The number of fused-ring (bicyclic) bond motifs is 3. The molecule has 0 fully saturated rings. The maximum atomic E-state index is 12.5. The first-order valence-electron chi connectivity index (χ1n) is 8.48. The molecule has 1 N–H and O–H groups in total. The van der Waals surface area contributed by atoms with E-state index in [4.69, 9.17) is 4.74 Å². The normalized spacial score (nSPS) is 15.2. The highest BCUT2D eigenvalue weighted by atomic mass is 32.2. The summed E-state index contributed by atoms with van der Waals surface area (Å²) in [6.07, 6.45) is 6.18. The Bertz CT molecular complexity index is 797. The van der Waals surface area contributed by atoms with Gasteiger partial charge >= 0.3 is 5.97 Å². The number of nitrogens with one attached hydrogen (secondary N) is 1. The third-order valence-corrected chi connectivity index (χ3v) is 6.31. The molecule has 0 aromatic carbocycles. The van der Waals surface area contributed by atoms with Crippen molar-refractivity contribution in [2.45, 2.75) is 62.8 Å². The third kappa shape index (κ3) is 3.67. The minimum absolute atomic E-state index is 0.0894. The Morgan fingerprint density at radius 2 is 2.21 bits per heavy atom. The van der Waals surface area contributed by atoms with Crippen LogP contribution < -0.4 is 5.56 Å². The van der Waals surface area contributed by atoms with Crippen LogP contribution in [0.15, 0.2) is 9.95 Å². The Labute approximate surface area is 149 Å². The number of unbranched alkanes of at least 4 members (excludes halogenated alkanes) is 1. The van der Waals surface area contributed by atoms with Gasteiger partial charge in [-0.15, -0.1) is 11.3 Å². The summed E-state index contributed by atoms with van der Waals surface area (Å²) in [7, 11) is 0. The average molecular weight is 367 g/mol. The molecule has 2 heterocycles. The van der Waals surface area contributed by atoms with Crippen LogP contribution in [0, 0.1) is 0 Å². The standard InChI is InChI=1S/C17H22N2O3S2/c1-3-4-9-22-16(21)10(2)23-17-18-14(20)13-11-7-5-6-8-12(11)24-15(13)19-17/h10H,3-9H2,1-2H3,(H,18,19,20)/t10-/m1/s1.